The quantitative estimate of drug-likeness (QED) is 0.367. The van der Waals surface area contributed by atoms with Crippen LogP contribution in [0.2, 0.25) is 10.0 Å². The van der Waals surface area contributed by atoms with Crippen LogP contribution in [0.15, 0.2) is 59.5 Å². The highest BCUT2D eigenvalue weighted by molar-refractivity contribution is 7.92. The number of nitrogens with zero attached hydrogens (tertiary/aromatic N) is 1. The average molecular weight is 463 g/mol. The SMILES string of the molecule is Cc1cc(C)cc(S(=O)(=O)Nc2ccc(-c3nc4ccc(Cl)cc4s3)c(Cl)c2)c1. The average Bonchev–Trinajstić information content (AvgIpc) is 3.03. The summed E-state index contributed by atoms with van der Waals surface area (Å²) in [4.78, 5) is 4.81. The first kappa shape index (κ1) is 20.2. The minimum atomic E-state index is -3.71. The molecule has 0 aliphatic heterocycles. The van der Waals surface area contributed by atoms with Crippen LogP contribution in [0.4, 0.5) is 5.69 Å². The molecule has 0 saturated carbocycles. The van der Waals surface area contributed by atoms with Crippen LogP contribution in [-0.4, -0.2) is 13.4 Å². The molecule has 29 heavy (non-hydrogen) atoms. The molecule has 0 unspecified atom stereocenters. The highest BCUT2D eigenvalue weighted by Crippen LogP contribution is 2.36. The van der Waals surface area contributed by atoms with Crippen LogP contribution in [0.3, 0.4) is 0 Å². The summed E-state index contributed by atoms with van der Waals surface area (Å²) in [5, 5.41) is 1.81. The van der Waals surface area contributed by atoms with Crippen molar-refractivity contribution in [2.45, 2.75) is 18.7 Å². The summed E-state index contributed by atoms with van der Waals surface area (Å²) < 4.78 is 29.0. The Morgan fingerprint density at radius 3 is 2.34 bits per heavy atom. The number of thiazole rings is 1. The van der Waals surface area contributed by atoms with Gasteiger partial charge < -0.3 is 0 Å². The molecule has 0 bridgehead atoms. The molecular weight excluding hydrogens is 447 g/mol. The number of hydrogen-bond donors (Lipinski definition) is 1. The van der Waals surface area contributed by atoms with E-state index in [0.29, 0.717) is 15.7 Å². The summed E-state index contributed by atoms with van der Waals surface area (Å²) in [7, 11) is -3.71. The molecular formula is C21H16Cl2N2O2S2. The Labute approximate surface area is 183 Å². The molecule has 0 aliphatic rings. The van der Waals surface area contributed by atoms with Gasteiger partial charge in [-0.05, 0) is 73.5 Å². The van der Waals surface area contributed by atoms with Crippen molar-refractivity contribution in [2.24, 2.45) is 0 Å². The first-order valence-electron chi connectivity index (χ1n) is 8.68. The predicted molar refractivity (Wildman–Crippen MR) is 122 cm³/mol. The van der Waals surface area contributed by atoms with Crippen molar-refractivity contribution in [1.29, 1.82) is 0 Å². The van der Waals surface area contributed by atoms with Gasteiger partial charge in [0.05, 0.1) is 25.8 Å². The number of nitrogens with one attached hydrogen (secondary N) is 1. The molecule has 4 rings (SSSR count). The molecule has 0 radical (unpaired) electrons. The summed E-state index contributed by atoms with van der Waals surface area (Å²) in [5.41, 5.74) is 3.73. The van der Waals surface area contributed by atoms with Gasteiger partial charge >= 0.3 is 0 Å². The van der Waals surface area contributed by atoms with Crippen LogP contribution >= 0.6 is 34.5 Å². The van der Waals surface area contributed by atoms with Gasteiger partial charge in [-0.15, -0.1) is 11.3 Å². The van der Waals surface area contributed by atoms with Crippen molar-refractivity contribution < 1.29 is 8.42 Å². The van der Waals surface area contributed by atoms with E-state index in [1.807, 2.05) is 32.0 Å². The molecule has 1 aromatic heterocycles. The zero-order valence-electron chi connectivity index (χ0n) is 15.5. The van der Waals surface area contributed by atoms with Crippen LogP contribution in [0, 0.1) is 13.8 Å². The largest absolute Gasteiger partial charge is 0.280 e. The van der Waals surface area contributed by atoms with E-state index in [-0.39, 0.29) is 4.90 Å². The summed E-state index contributed by atoms with van der Waals surface area (Å²) in [6, 6.07) is 15.7. The summed E-state index contributed by atoms with van der Waals surface area (Å²) in [5.74, 6) is 0. The highest BCUT2D eigenvalue weighted by atomic mass is 35.5. The maximum absolute atomic E-state index is 12.7. The van der Waals surface area contributed by atoms with Gasteiger partial charge in [0.25, 0.3) is 10.0 Å². The first-order chi connectivity index (χ1) is 13.7. The van der Waals surface area contributed by atoms with E-state index in [9.17, 15) is 8.42 Å². The zero-order chi connectivity index (χ0) is 20.8. The molecule has 0 fully saturated rings. The lowest BCUT2D eigenvalue weighted by Gasteiger charge is -2.11. The first-order valence-corrected chi connectivity index (χ1v) is 11.7. The molecule has 0 amide bonds. The molecule has 1 N–H and O–H groups in total. The number of sulfonamides is 1. The molecule has 0 aliphatic carbocycles. The Kier molecular flexibility index (Phi) is 5.29. The Balaban J connectivity index is 1.66. The maximum atomic E-state index is 12.7. The minimum Gasteiger partial charge on any atom is -0.280 e. The topological polar surface area (TPSA) is 59.1 Å². The van der Waals surface area contributed by atoms with Gasteiger partial charge in [0.15, 0.2) is 0 Å². The molecule has 4 aromatic rings. The van der Waals surface area contributed by atoms with Crippen molar-refractivity contribution in [3.8, 4) is 10.6 Å². The molecule has 148 valence electrons. The van der Waals surface area contributed by atoms with Gasteiger partial charge in [0.2, 0.25) is 0 Å². The van der Waals surface area contributed by atoms with Crippen molar-refractivity contribution in [3.05, 3.63) is 75.8 Å². The fraction of sp³-hybridized carbons (Fsp3) is 0.0952. The third-order valence-electron chi connectivity index (χ3n) is 4.31. The van der Waals surface area contributed by atoms with Crippen molar-refractivity contribution in [2.75, 3.05) is 4.72 Å². The molecule has 4 nitrogen and oxygen atoms in total. The molecule has 8 heteroatoms. The number of aryl methyl sites for hydroxylation is 2. The number of aromatic nitrogens is 1. The third kappa shape index (κ3) is 4.26. The van der Waals surface area contributed by atoms with Gasteiger partial charge in [-0.2, -0.15) is 0 Å². The highest BCUT2D eigenvalue weighted by Gasteiger charge is 2.17. The Morgan fingerprint density at radius 1 is 0.931 bits per heavy atom. The van der Waals surface area contributed by atoms with Gasteiger partial charge in [-0.3, -0.25) is 4.72 Å². The van der Waals surface area contributed by atoms with Crippen LogP contribution in [0.5, 0.6) is 0 Å². The standard InChI is InChI=1S/C21H16Cl2N2O2S2/c1-12-7-13(2)9-16(8-12)29(26,27)25-15-4-5-17(18(23)11-15)21-24-19-6-3-14(22)10-20(19)28-21/h3-11,25H,1-2H3. The Morgan fingerprint density at radius 2 is 1.66 bits per heavy atom. The fourth-order valence-corrected chi connectivity index (χ4v) is 5.91. The summed E-state index contributed by atoms with van der Waals surface area (Å²) >= 11 is 14.0. The van der Waals surface area contributed by atoms with E-state index in [1.54, 1.807) is 36.4 Å². The molecule has 1 heterocycles. The minimum absolute atomic E-state index is 0.221. The van der Waals surface area contributed by atoms with Crippen molar-refractivity contribution in [1.82, 2.24) is 4.98 Å². The van der Waals surface area contributed by atoms with Crippen LogP contribution in [-0.2, 0) is 10.0 Å². The van der Waals surface area contributed by atoms with Crippen molar-refractivity contribution in [3.63, 3.8) is 0 Å². The monoisotopic (exact) mass is 462 g/mol. The lowest BCUT2D eigenvalue weighted by molar-refractivity contribution is 0.601. The zero-order valence-corrected chi connectivity index (χ0v) is 18.7. The third-order valence-corrected chi connectivity index (χ3v) is 7.27. The van der Waals surface area contributed by atoms with Gasteiger partial charge in [0.1, 0.15) is 5.01 Å². The van der Waals surface area contributed by atoms with E-state index in [0.717, 1.165) is 31.9 Å². The van der Waals surface area contributed by atoms with Crippen LogP contribution < -0.4 is 4.72 Å². The van der Waals surface area contributed by atoms with Gasteiger partial charge in [0, 0.05) is 10.6 Å². The number of rotatable bonds is 4. The normalized spacial score (nSPS) is 11.7. The van der Waals surface area contributed by atoms with E-state index >= 15 is 0 Å². The lowest BCUT2D eigenvalue weighted by atomic mass is 10.2. The number of hydrogen-bond acceptors (Lipinski definition) is 4. The number of halogens is 2. The van der Waals surface area contributed by atoms with E-state index in [1.165, 1.54) is 11.3 Å². The van der Waals surface area contributed by atoms with E-state index < -0.39 is 10.0 Å². The number of anilines is 1. The van der Waals surface area contributed by atoms with Gasteiger partial charge in [-0.1, -0.05) is 29.3 Å². The van der Waals surface area contributed by atoms with E-state index in [2.05, 4.69) is 9.71 Å². The molecule has 0 spiro atoms. The van der Waals surface area contributed by atoms with Crippen LogP contribution in [0.25, 0.3) is 20.8 Å². The molecule has 0 saturated heterocycles. The summed E-state index contributed by atoms with van der Waals surface area (Å²) in [6.45, 7) is 3.73. The Hall–Kier alpha value is -2.12. The molecule has 3 aromatic carbocycles. The summed E-state index contributed by atoms with van der Waals surface area (Å²) in [6.07, 6.45) is 0. The Bertz CT molecular complexity index is 1330. The maximum Gasteiger partial charge on any atom is 0.261 e. The smallest absolute Gasteiger partial charge is 0.261 e. The van der Waals surface area contributed by atoms with Gasteiger partial charge in [-0.25, -0.2) is 13.4 Å². The van der Waals surface area contributed by atoms with Crippen molar-refractivity contribution >= 4 is 60.5 Å². The number of fused-ring (bicyclic) bond motifs is 1. The second kappa shape index (κ2) is 7.61. The predicted octanol–water partition coefficient (Wildman–Crippen LogP) is 6.69. The number of benzene rings is 3. The second-order valence-electron chi connectivity index (χ2n) is 6.75. The van der Waals surface area contributed by atoms with E-state index in [4.69, 9.17) is 23.2 Å². The van der Waals surface area contributed by atoms with Crippen LogP contribution in [0.1, 0.15) is 11.1 Å². The lowest BCUT2D eigenvalue weighted by Crippen LogP contribution is -2.13. The fourth-order valence-electron chi connectivity index (χ4n) is 3.07. The second-order valence-corrected chi connectivity index (χ2v) is 10.3. The molecule has 0 atom stereocenters.